The molecule has 26 heavy (non-hydrogen) atoms. The van der Waals surface area contributed by atoms with Crippen LogP contribution in [0.25, 0.3) is 0 Å². The lowest BCUT2D eigenvalue weighted by Crippen LogP contribution is -2.31. The minimum absolute atomic E-state index is 0.0627. The van der Waals surface area contributed by atoms with Crippen molar-refractivity contribution in [1.29, 1.82) is 0 Å². The summed E-state index contributed by atoms with van der Waals surface area (Å²) in [5, 5.41) is 12.0. The van der Waals surface area contributed by atoms with Gasteiger partial charge in [0.05, 0.1) is 37.5 Å². The first-order valence-electron chi connectivity index (χ1n) is 8.17. The molecule has 1 heterocycles. The highest BCUT2D eigenvalue weighted by Gasteiger charge is 2.34. The number of aliphatic hydroxyl groups excluding tert-OH is 1. The minimum atomic E-state index is -0.613. The van der Waals surface area contributed by atoms with Gasteiger partial charge in [-0.25, -0.2) is 9.59 Å². The molecule has 140 valence electrons. The average molecular weight is 362 g/mol. The lowest BCUT2D eigenvalue weighted by Gasteiger charge is -2.15. The molecular formula is C18H22N2O6. The predicted octanol–water partition coefficient (Wildman–Crippen LogP) is 0.925. The average Bonchev–Trinajstić information content (AvgIpc) is 2.91. The summed E-state index contributed by atoms with van der Waals surface area (Å²) >= 11 is 0. The van der Waals surface area contributed by atoms with Crippen molar-refractivity contribution in [3.8, 4) is 0 Å². The fraction of sp³-hybridized carbons (Fsp3) is 0.389. The van der Waals surface area contributed by atoms with Crippen molar-refractivity contribution in [2.45, 2.75) is 20.0 Å². The van der Waals surface area contributed by atoms with E-state index in [-0.39, 0.29) is 37.1 Å². The van der Waals surface area contributed by atoms with Gasteiger partial charge in [-0.05, 0) is 38.1 Å². The lowest BCUT2D eigenvalue weighted by molar-refractivity contribution is -0.136. The normalized spacial score (nSPS) is 14.0. The van der Waals surface area contributed by atoms with Crippen LogP contribution in [0.2, 0.25) is 0 Å². The molecule has 0 aliphatic carbocycles. The molecule has 0 unspecified atom stereocenters. The summed E-state index contributed by atoms with van der Waals surface area (Å²) in [4.78, 5) is 37.6. The highest BCUT2D eigenvalue weighted by molar-refractivity contribution is 6.08. The van der Waals surface area contributed by atoms with E-state index < -0.39 is 17.8 Å². The molecule has 8 nitrogen and oxygen atoms in total. The van der Waals surface area contributed by atoms with E-state index in [9.17, 15) is 14.4 Å². The van der Waals surface area contributed by atoms with Crippen molar-refractivity contribution >= 4 is 23.5 Å². The first kappa shape index (κ1) is 19.5. The Morgan fingerprint density at radius 2 is 1.88 bits per heavy atom. The standard InChI is InChI=1S/C18H22N2O6/c1-11(2)26-17(23)12-4-6-13(7-5-12)19-15-14(18(24)25-3)10-20(8-9-21)16(15)22/h4-7,11,19,21H,8-10H2,1-3H3. The molecule has 0 spiro atoms. The van der Waals surface area contributed by atoms with E-state index in [4.69, 9.17) is 14.6 Å². The van der Waals surface area contributed by atoms with E-state index in [0.29, 0.717) is 11.3 Å². The second kappa shape index (κ2) is 8.48. The third kappa shape index (κ3) is 4.40. The summed E-state index contributed by atoms with van der Waals surface area (Å²) < 4.78 is 9.84. The molecule has 8 heteroatoms. The number of esters is 2. The van der Waals surface area contributed by atoms with Gasteiger partial charge in [-0.3, -0.25) is 4.79 Å². The van der Waals surface area contributed by atoms with Crippen LogP contribution in [0.1, 0.15) is 24.2 Å². The SMILES string of the molecule is COC(=O)C1=C(Nc2ccc(C(=O)OC(C)C)cc2)C(=O)N(CCO)C1. The Morgan fingerprint density at radius 1 is 1.23 bits per heavy atom. The van der Waals surface area contributed by atoms with Crippen LogP contribution in [0, 0.1) is 0 Å². The van der Waals surface area contributed by atoms with Gasteiger partial charge in [0.15, 0.2) is 0 Å². The number of ether oxygens (including phenoxy) is 2. The molecule has 0 aromatic heterocycles. The summed E-state index contributed by atoms with van der Waals surface area (Å²) in [7, 11) is 1.24. The van der Waals surface area contributed by atoms with Crippen LogP contribution in [0.5, 0.6) is 0 Å². The Hall–Kier alpha value is -2.87. The molecule has 0 saturated heterocycles. The topological polar surface area (TPSA) is 105 Å². The fourth-order valence-corrected chi connectivity index (χ4v) is 2.47. The van der Waals surface area contributed by atoms with E-state index in [2.05, 4.69) is 5.32 Å². The van der Waals surface area contributed by atoms with Gasteiger partial charge < -0.3 is 24.8 Å². The van der Waals surface area contributed by atoms with Crippen LogP contribution in [0.3, 0.4) is 0 Å². The molecule has 0 fully saturated rings. The smallest absolute Gasteiger partial charge is 0.338 e. The van der Waals surface area contributed by atoms with Crippen molar-refractivity contribution in [2.75, 3.05) is 32.1 Å². The summed E-state index contributed by atoms with van der Waals surface area (Å²) in [5.41, 5.74) is 1.20. The number of β-amino-alcohol motifs (C(OH)–C–C–N with tert-alkyl or cyclic N) is 1. The number of hydrogen-bond donors (Lipinski definition) is 2. The number of anilines is 1. The van der Waals surface area contributed by atoms with Crippen molar-refractivity contribution in [3.63, 3.8) is 0 Å². The Kier molecular flexibility index (Phi) is 6.35. The Labute approximate surface area is 151 Å². The summed E-state index contributed by atoms with van der Waals surface area (Å²) in [5.74, 6) is -1.45. The maximum absolute atomic E-state index is 12.4. The molecule has 1 aliphatic rings. The monoisotopic (exact) mass is 362 g/mol. The number of nitrogens with zero attached hydrogens (tertiary/aromatic N) is 1. The predicted molar refractivity (Wildman–Crippen MR) is 93.3 cm³/mol. The first-order valence-corrected chi connectivity index (χ1v) is 8.17. The summed E-state index contributed by atoms with van der Waals surface area (Å²) in [6.07, 6.45) is -0.221. The highest BCUT2D eigenvalue weighted by Crippen LogP contribution is 2.23. The molecule has 2 rings (SSSR count). The van der Waals surface area contributed by atoms with Crippen molar-refractivity contribution in [2.24, 2.45) is 0 Å². The van der Waals surface area contributed by atoms with E-state index >= 15 is 0 Å². The van der Waals surface area contributed by atoms with Crippen molar-refractivity contribution < 1.29 is 29.0 Å². The number of rotatable bonds is 7. The number of carbonyl (C=O) groups excluding carboxylic acids is 3. The highest BCUT2D eigenvalue weighted by atomic mass is 16.5. The number of amides is 1. The van der Waals surface area contributed by atoms with Crippen LogP contribution in [0.4, 0.5) is 5.69 Å². The van der Waals surface area contributed by atoms with Crippen LogP contribution in [-0.2, 0) is 19.1 Å². The van der Waals surface area contributed by atoms with Gasteiger partial charge in [-0.15, -0.1) is 0 Å². The molecule has 0 bridgehead atoms. The first-order chi connectivity index (χ1) is 12.4. The van der Waals surface area contributed by atoms with Gasteiger partial charge >= 0.3 is 11.9 Å². The zero-order valence-corrected chi connectivity index (χ0v) is 14.9. The lowest BCUT2D eigenvalue weighted by atomic mass is 10.2. The maximum atomic E-state index is 12.4. The van der Waals surface area contributed by atoms with Gasteiger partial charge in [0.2, 0.25) is 0 Å². The second-order valence-corrected chi connectivity index (χ2v) is 5.95. The van der Waals surface area contributed by atoms with Gasteiger partial charge in [0, 0.05) is 12.2 Å². The third-order valence-electron chi connectivity index (χ3n) is 3.69. The van der Waals surface area contributed by atoms with Crippen LogP contribution in [0.15, 0.2) is 35.5 Å². The van der Waals surface area contributed by atoms with E-state index in [0.717, 1.165) is 0 Å². The number of methoxy groups -OCH3 is 1. The van der Waals surface area contributed by atoms with E-state index in [1.165, 1.54) is 12.0 Å². The number of aliphatic hydroxyl groups is 1. The summed E-state index contributed by atoms with van der Waals surface area (Å²) in [6, 6.07) is 6.36. The van der Waals surface area contributed by atoms with Crippen LogP contribution in [-0.4, -0.2) is 60.8 Å². The van der Waals surface area contributed by atoms with Gasteiger partial charge in [-0.2, -0.15) is 0 Å². The minimum Gasteiger partial charge on any atom is -0.466 e. The molecule has 0 radical (unpaired) electrons. The fourth-order valence-electron chi connectivity index (χ4n) is 2.47. The number of benzene rings is 1. The molecule has 1 amide bonds. The zero-order chi connectivity index (χ0) is 19.3. The van der Waals surface area contributed by atoms with Crippen LogP contribution < -0.4 is 5.32 Å². The molecule has 1 aromatic rings. The van der Waals surface area contributed by atoms with Crippen molar-refractivity contribution in [3.05, 3.63) is 41.1 Å². The zero-order valence-electron chi connectivity index (χ0n) is 14.9. The third-order valence-corrected chi connectivity index (χ3v) is 3.69. The van der Waals surface area contributed by atoms with Gasteiger partial charge in [0.25, 0.3) is 5.91 Å². The number of hydrogen-bond acceptors (Lipinski definition) is 7. The van der Waals surface area contributed by atoms with Gasteiger partial charge in [0.1, 0.15) is 5.70 Å². The number of nitrogens with one attached hydrogen (secondary N) is 1. The van der Waals surface area contributed by atoms with Crippen LogP contribution >= 0.6 is 0 Å². The number of carbonyl (C=O) groups is 3. The van der Waals surface area contributed by atoms with Crippen molar-refractivity contribution in [1.82, 2.24) is 4.90 Å². The molecule has 1 aromatic carbocycles. The Balaban J connectivity index is 2.20. The molecule has 0 atom stereocenters. The van der Waals surface area contributed by atoms with E-state index in [1.807, 2.05) is 0 Å². The quantitative estimate of drug-likeness (QED) is 0.695. The molecule has 2 N–H and O–H groups in total. The maximum Gasteiger partial charge on any atom is 0.338 e. The molecular weight excluding hydrogens is 340 g/mol. The van der Waals surface area contributed by atoms with E-state index in [1.54, 1.807) is 38.1 Å². The Bertz CT molecular complexity index is 724. The largest absolute Gasteiger partial charge is 0.466 e. The molecule has 0 saturated carbocycles. The Morgan fingerprint density at radius 3 is 2.42 bits per heavy atom. The molecule has 1 aliphatic heterocycles. The second-order valence-electron chi connectivity index (χ2n) is 5.95. The summed E-state index contributed by atoms with van der Waals surface area (Å²) in [6.45, 7) is 3.49. The van der Waals surface area contributed by atoms with Gasteiger partial charge in [-0.1, -0.05) is 0 Å².